The van der Waals surface area contributed by atoms with Crippen LogP contribution in [0.1, 0.15) is 31.4 Å². The SMILES string of the molecule is CCNC(c1cccc(Cl)c1F)C1CCOCC1. The zero-order valence-corrected chi connectivity index (χ0v) is 11.3. The summed E-state index contributed by atoms with van der Waals surface area (Å²) in [6, 6.07) is 5.25. The van der Waals surface area contributed by atoms with Crippen LogP contribution in [-0.4, -0.2) is 19.8 Å². The lowest BCUT2D eigenvalue weighted by Gasteiger charge is -2.31. The Bertz CT molecular complexity index is 393. The van der Waals surface area contributed by atoms with Gasteiger partial charge in [0.25, 0.3) is 0 Å². The Morgan fingerprint density at radius 1 is 1.44 bits per heavy atom. The molecule has 0 saturated carbocycles. The van der Waals surface area contributed by atoms with Crippen LogP contribution < -0.4 is 5.32 Å². The molecule has 1 aromatic carbocycles. The van der Waals surface area contributed by atoms with E-state index in [1.165, 1.54) is 0 Å². The number of benzene rings is 1. The largest absolute Gasteiger partial charge is 0.381 e. The zero-order chi connectivity index (χ0) is 13.0. The molecule has 1 atom stereocenters. The lowest BCUT2D eigenvalue weighted by atomic mass is 9.87. The molecule has 1 aromatic rings. The van der Waals surface area contributed by atoms with E-state index in [1.807, 2.05) is 19.1 Å². The van der Waals surface area contributed by atoms with E-state index in [0.29, 0.717) is 11.5 Å². The van der Waals surface area contributed by atoms with E-state index >= 15 is 0 Å². The molecular weight excluding hydrogens is 253 g/mol. The van der Waals surface area contributed by atoms with E-state index in [1.54, 1.807) is 6.07 Å². The van der Waals surface area contributed by atoms with Gasteiger partial charge in [-0.05, 0) is 31.4 Å². The molecule has 1 heterocycles. The van der Waals surface area contributed by atoms with Gasteiger partial charge in [0.1, 0.15) is 5.82 Å². The lowest BCUT2D eigenvalue weighted by Crippen LogP contribution is -2.32. The van der Waals surface area contributed by atoms with Crippen molar-refractivity contribution in [3.05, 3.63) is 34.6 Å². The molecule has 0 aliphatic carbocycles. The van der Waals surface area contributed by atoms with Gasteiger partial charge in [0, 0.05) is 24.8 Å². The number of hydrogen-bond acceptors (Lipinski definition) is 2. The molecule has 0 aromatic heterocycles. The van der Waals surface area contributed by atoms with Crippen molar-refractivity contribution in [1.29, 1.82) is 0 Å². The summed E-state index contributed by atoms with van der Waals surface area (Å²) in [5.41, 5.74) is 0.677. The monoisotopic (exact) mass is 271 g/mol. The minimum Gasteiger partial charge on any atom is -0.381 e. The molecule has 2 nitrogen and oxygen atoms in total. The fraction of sp³-hybridized carbons (Fsp3) is 0.571. The summed E-state index contributed by atoms with van der Waals surface area (Å²) in [7, 11) is 0. The third-order valence-electron chi connectivity index (χ3n) is 3.48. The van der Waals surface area contributed by atoms with Crippen molar-refractivity contribution in [2.75, 3.05) is 19.8 Å². The number of nitrogens with one attached hydrogen (secondary N) is 1. The van der Waals surface area contributed by atoms with Crippen molar-refractivity contribution in [3.8, 4) is 0 Å². The van der Waals surface area contributed by atoms with Crippen molar-refractivity contribution in [2.45, 2.75) is 25.8 Å². The average molecular weight is 272 g/mol. The predicted molar refractivity (Wildman–Crippen MR) is 71.4 cm³/mol. The van der Waals surface area contributed by atoms with Gasteiger partial charge < -0.3 is 10.1 Å². The Morgan fingerprint density at radius 3 is 2.83 bits per heavy atom. The van der Waals surface area contributed by atoms with E-state index < -0.39 is 0 Å². The Morgan fingerprint density at radius 2 is 2.17 bits per heavy atom. The van der Waals surface area contributed by atoms with Gasteiger partial charge in [-0.25, -0.2) is 4.39 Å². The number of halogens is 2. The van der Waals surface area contributed by atoms with Gasteiger partial charge in [0.05, 0.1) is 5.02 Å². The summed E-state index contributed by atoms with van der Waals surface area (Å²) in [6.07, 6.45) is 1.92. The molecule has 100 valence electrons. The maximum absolute atomic E-state index is 14.1. The zero-order valence-electron chi connectivity index (χ0n) is 10.6. The first-order chi connectivity index (χ1) is 8.74. The molecule has 18 heavy (non-hydrogen) atoms. The average Bonchev–Trinajstić information content (AvgIpc) is 2.41. The van der Waals surface area contributed by atoms with Gasteiger partial charge in [0.15, 0.2) is 0 Å². The maximum atomic E-state index is 14.1. The maximum Gasteiger partial charge on any atom is 0.146 e. The predicted octanol–water partition coefficient (Wildman–Crippen LogP) is 3.56. The number of rotatable bonds is 4. The van der Waals surface area contributed by atoms with E-state index in [2.05, 4.69) is 5.32 Å². The van der Waals surface area contributed by atoms with E-state index in [9.17, 15) is 4.39 Å². The van der Waals surface area contributed by atoms with E-state index in [0.717, 1.165) is 32.6 Å². The van der Waals surface area contributed by atoms with Gasteiger partial charge in [-0.2, -0.15) is 0 Å². The summed E-state index contributed by atoms with van der Waals surface area (Å²) in [4.78, 5) is 0. The molecule has 1 aliphatic rings. The molecule has 1 unspecified atom stereocenters. The quantitative estimate of drug-likeness (QED) is 0.904. The van der Waals surface area contributed by atoms with Crippen LogP contribution in [0.4, 0.5) is 4.39 Å². The van der Waals surface area contributed by atoms with E-state index in [4.69, 9.17) is 16.3 Å². The Hall–Kier alpha value is -0.640. The number of hydrogen-bond donors (Lipinski definition) is 1. The molecule has 0 spiro atoms. The fourth-order valence-electron chi connectivity index (χ4n) is 2.56. The highest BCUT2D eigenvalue weighted by Gasteiger charge is 2.27. The molecule has 2 rings (SSSR count). The standard InChI is InChI=1S/C14H19ClFNO/c1-2-17-14(10-6-8-18-9-7-10)11-4-3-5-12(15)13(11)16/h3-5,10,14,17H,2,6-9H2,1H3. The van der Waals surface area contributed by atoms with Crippen molar-refractivity contribution in [1.82, 2.24) is 5.32 Å². The van der Waals surface area contributed by atoms with Crippen LogP contribution in [0.5, 0.6) is 0 Å². The normalized spacial score (nSPS) is 18.8. The van der Waals surface area contributed by atoms with Crippen LogP contribution in [0.25, 0.3) is 0 Å². The molecule has 0 radical (unpaired) electrons. The minimum atomic E-state index is -0.295. The highest BCUT2D eigenvalue weighted by Crippen LogP contribution is 2.33. The second kappa shape index (κ2) is 6.50. The van der Waals surface area contributed by atoms with Gasteiger partial charge in [0.2, 0.25) is 0 Å². The smallest absolute Gasteiger partial charge is 0.146 e. The topological polar surface area (TPSA) is 21.3 Å². The minimum absolute atomic E-state index is 0.0256. The first-order valence-electron chi connectivity index (χ1n) is 6.49. The molecule has 0 bridgehead atoms. The van der Waals surface area contributed by atoms with Crippen LogP contribution in [0, 0.1) is 11.7 Å². The van der Waals surface area contributed by atoms with Crippen molar-refractivity contribution >= 4 is 11.6 Å². The first kappa shape index (κ1) is 13.8. The summed E-state index contributed by atoms with van der Waals surface area (Å²) in [5.74, 6) is 0.114. The van der Waals surface area contributed by atoms with Gasteiger partial charge in [-0.3, -0.25) is 0 Å². The lowest BCUT2D eigenvalue weighted by molar-refractivity contribution is 0.0533. The second-order valence-corrected chi connectivity index (χ2v) is 5.04. The fourth-order valence-corrected chi connectivity index (χ4v) is 2.74. The molecule has 1 fully saturated rings. The summed E-state index contributed by atoms with van der Waals surface area (Å²) >= 11 is 5.87. The molecular formula is C14H19ClFNO. The van der Waals surface area contributed by atoms with Crippen molar-refractivity contribution in [2.24, 2.45) is 5.92 Å². The van der Waals surface area contributed by atoms with Gasteiger partial charge >= 0.3 is 0 Å². The van der Waals surface area contributed by atoms with Gasteiger partial charge in [-0.1, -0.05) is 30.7 Å². The van der Waals surface area contributed by atoms with E-state index in [-0.39, 0.29) is 16.9 Å². The van der Waals surface area contributed by atoms with Crippen LogP contribution in [-0.2, 0) is 4.74 Å². The van der Waals surface area contributed by atoms with Crippen molar-refractivity contribution in [3.63, 3.8) is 0 Å². The first-order valence-corrected chi connectivity index (χ1v) is 6.87. The molecule has 4 heteroatoms. The highest BCUT2D eigenvalue weighted by molar-refractivity contribution is 6.30. The third kappa shape index (κ3) is 3.02. The third-order valence-corrected chi connectivity index (χ3v) is 3.77. The Balaban J connectivity index is 2.25. The van der Waals surface area contributed by atoms with Crippen LogP contribution in [0.3, 0.4) is 0 Å². The van der Waals surface area contributed by atoms with Crippen LogP contribution in [0.2, 0.25) is 5.02 Å². The summed E-state index contributed by atoms with van der Waals surface area (Å²) < 4.78 is 19.5. The Labute approximate surface area is 112 Å². The molecule has 0 amide bonds. The molecule has 1 N–H and O–H groups in total. The highest BCUT2D eigenvalue weighted by atomic mass is 35.5. The van der Waals surface area contributed by atoms with Gasteiger partial charge in [-0.15, -0.1) is 0 Å². The van der Waals surface area contributed by atoms with Crippen LogP contribution in [0.15, 0.2) is 18.2 Å². The second-order valence-electron chi connectivity index (χ2n) is 4.63. The summed E-state index contributed by atoms with van der Waals surface area (Å²) in [5, 5.41) is 3.58. The number of ether oxygens (including phenoxy) is 1. The summed E-state index contributed by atoms with van der Waals surface area (Å²) in [6.45, 7) is 4.37. The van der Waals surface area contributed by atoms with Crippen LogP contribution >= 0.6 is 11.6 Å². The molecule has 1 saturated heterocycles. The molecule has 1 aliphatic heterocycles. The Kier molecular flexibility index (Phi) is 4.98. The van der Waals surface area contributed by atoms with Crippen molar-refractivity contribution < 1.29 is 9.13 Å².